The van der Waals surface area contributed by atoms with Crippen molar-refractivity contribution < 1.29 is 0 Å². The van der Waals surface area contributed by atoms with Gasteiger partial charge < -0.3 is 4.90 Å². The van der Waals surface area contributed by atoms with E-state index in [1.54, 1.807) is 6.20 Å². The van der Waals surface area contributed by atoms with Gasteiger partial charge in [-0.25, -0.2) is 9.97 Å². The van der Waals surface area contributed by atoms with Gasteiger partial charge in [-0.2, -0.15) is 0 Å². The van der Waals surface area contributed by atoms with E-state index in [-0.39, 0.29) is 0 Å². The Labute approximate surface area is 124 Å². The number of rotatable bonds is 5. The SMILES string of the molecule is CC(C)c1ncc(N(C)Cc2ccccn2)c(CCl)n1. The lowest BCUT2D eigenvalue weighted by molar-refractivity contribution is 0.757. The number of hydrogen-bond acceptors (Lipinski definition) is 4. The summed E-state index contributed by atoms with van der Waals surface area (Å²) in [6.07, 6.45) is 3.65. The maximum atomic E-state index is 6.02. The Kier molecular flexibility index (Phi) is 4.90. The molecule has 20 heavy (non-hydrogen) atoms. The first-order valence-electron chi connectivity index (χ1n) is 6.64. The topological polar surface area (TPSA) is 41.9 Å². The van der Waals surface area contributed by atoms with Gasteiger partial charge in [0.2, 0.25) is 0 Å². The molecule has 0 aliphatic carbocycles. The Hall–Kier alpha value is -1.68. The molecule has 0 spiro atoms. The first kappa shape index (κ1) is 14.7. The molecule has 5 heteroatoms. The third kappa shape index (κ3) is 3.45. The number of nitrogens with zero attached hydrogens (tertiary/aromatic N) is 4. The molecule has 0 saturated carbocycles. The van der Waals surface area contributed by atoms with Crippen molar-refractivity contribution in [1.29, 1.82) is 0 Å². The van der Waals surface area contributed by atoms with E-state index in [4.69, 9.17) is 11.6 Å². The summed E-state index contributed by atoms with van der Waals surface area (Å²) >= 11 is 6.02. The van der Waals surface area contributed by atoms with Crippen LogP contribution in [0, 0.1) is 0 Å². The summed E-state index contributed by atoms with van der Waals surface area (Å²) in [6, 6.07) is 5.89. The molecule has 0 atom stereocenters. The van der Waals surface area contributed by atoms with Crippen molar-refractivity contribution in [1.82, 2.24) is 15.0 Å². The zero-order valence-electron chi connectivity index (χ0n) is 12.0. The zero-order chi connectivity index (χ0) is 14.5. The zero-order valence-corrected chi connectivity index (χ0v) is 12.8. The number of anilines is 1. The molecular weight excluding hydrogens is 272 g/mol. The minimum absolute atomic E-state index is 0.298. The maximum absolute atomic E-state index is 6.02. The average molecular weight is 291 g/mol. The lowest BCUT2D eigenvalue weighted by Crippen LogP contribution is -2.20. The van der Waals surface area contributed by atoms with Gasteiger partial charge in [0.1, 0.15) is 5.82 Å². The summed E-state index contributed by atoms with van der Waals surface area (Å²) in [6.45, 7) is 4.85. The summed E-state index contributed by atoms with van der Waals surface area (Å²) in [5.74, 6) is 1.51. The first-order valence-corrected chi connectivity index (χ1v) is 7.18. The fourth-order valence-electron chi connectivity index (χ4n) is 1.94. The maximum Gasteiger partial charge on any atom is 0.131 e. The van der Waals surface area contributed by atoms with Crippen LogP contribution in [0.1, 0.15) is 37.0 Å². The van der Waals surface area contributed by atoms with Crippen LogP contribution in [-0.4, -0.2) is 22.0 Å². The molecule has 2 heterocycles. The van der Waals surface area contributed by atoms with Crippen LogP contribution < -0.4 is 4.90 Å². The van der Waals surface area contributed by atoms with E-state index in [0.29, 0.717) is 18.3 Å². The Balaban J connectivity index is 2.23. The van der Waals surface area contributed by atoms with Crippen LogP contribution in [0.3, 0.4) is 0 Å². The molecule has 0 bridgehead atoms. The highest BCUT2D eigenvalue weighted by Gasteiger charge is 2.13. The molecule has 0 saturated heterocycles. The fraction of sp³-hybridized carbons (Fsp3) is 0.400. The second-order valence-corrected chi connectivity index (χ2v) is 5.29. The van der Waals surface area contributed by atoms with Crippen molar-refractivity contribution in [3.05, 3.63) is 47.8 Å². The molecule has 2 aromatic rings. The molecule has 4 nitrogen and oxygen atoms in total. The normalized spacial score (nSPS) is 10.8. The van der Waals surface area contributed by atoms with Crippen LogP contribution in [0.2, 0.25) is 0 Å². The Morgan fingerprint density at radius 1 is 1.25 bits per heavy atom. The van der Waals surface area contributed by atoms with Gasteiger partial charge in [-0.3, -0.25) is 4.98 Å². The fourth-order valence-corrected chi connectivity index (χ4v) is 2.14. The van der Waals surface area contributed by atoms with Crippen molar-refractivity contribution in [3.63, 3.8) is 0 Å². The van der Waals surface area contributed by atoms with Crippen LogP contribution >= 0.6 is 11.6 Å². The summed E-state index contributed by atoms with van der Waals surface area (Å²) in [4.78, 5) is 15.4. The van der Waals surface area contributed by atoms with Gasteiger partial charge in [0, 0.05) is 19.2 Å². The van der Waals surface area contributed by atoms with Crippen molar-refractivity contribution in [2.24, 2.45) is 0 Å². The molecule has 0 unspecified atom stereocenters. The quantitative estimate of drug-likeness (QED) is 0.792. The predicted molar refractivity (Wildman–Crippen MR) is 82.0 cm³/mol. The van der Waals surface area contributed by atoms with E-state index in [1.165, 1.54) is 0 Å². The van der Waals surface area contributed by atoms with E-state index in [9.17, 15) is 0 Å². The van der Waals surface area contributed by atoms with Crippen molar-refractivity contribution in [2.45, 2.75) is 32.2 Å². The van der Waals surface area contributed by atoms with E-state index in [2.05, 4.69) is 33.7 Å². The molecule has 0 aliphatic rings. The minimum Gasteiger partial charge on any atom is -0.366 e. The van der Waals surface area contributed by atoms with E-state index in [1.807, 2.05) is 31.4 Å². The van der Waals surface area contributed by atoms with E-state index >= 15 is 0 Å². The lowest BCUT2D eigenvalue weighted by atomic mass is 10.2. The molecule has 2 aromatic heterocycles. The van der Waals surface area contributed by atoms with Gasteiger partial charge in [-0.05, 0) is 12.1 Å². The smallest absolute Gasteiger partial charge is 0.131 e. The average Bonchev–Trinajstić information content (AvgIpc) is 2.47. The van der Waals surface area contributed by atoms with Gasteiger partial charge >= 0.3 is 0 Å². The van der Waals surface area contributed by atoms with E-state index < -0.39 is 0 Å². The predicted octanol–water partition coefficient (Wildman–Crippen LogP) is 3.37. The molecular formula is C15H19ClN4. The molecule has 0 N–H and O–H groups in total. The number of halogens is 1. The summed E-state index contributed by atoms with van der Waals surface area (Å²) < 4.78 is 0. The Bertz CT molecular complexity index is 557. The molecule has 0 radical (unpaired) electrons. The van der Waals surface area contributed by atoms with Crippen molar-refractivity contribution in [3.8, 4) is 0 Å². The number of alkyl halides is 1. The molecule has 106 valence electrons. The standard InChI is InChI=1S/C15H19ClN4/c1-11(2)15-18-9-14(13(8-16)19-15)20(3)10-12-6-4-5-7-17-12/h4-7,9,11H,8,10H2,1-3H3. The first-order chi connectivity index (χ1) is 9.61. The highest BCUT2D eigenvalue weighted by molar-refractivity contribution is 6.17. The third-order valence-corrected chi connectivity index (χ3v) is 3.30. The van der Waals surface area contributed by atoms with Crippen LogP contribution in [0.4, 0.5) is 5.69 Å². The van der Waals surface area contributed by atoms with Crippen LogP contribution in [-0.2, 0) is 12.4 Å². The highest BCUT2D eigenvalue weighted by Crippen LogP contribution is 2.22. The van der Waals surface area contributed by atoms with Crippen LogP contribution in [0.5, 0.6) is 0 Å². The molecule has 0 fully saturated rings. The number of hydrogen-bond donors (Lipinski definition) is 0. The van der Waals surface area contributed by atoms with Gasteiger partial charge in [0.05, 0.1) is 35.7 Å². The van der Waals surface area contributed by atoms with Gasteiger partial charge in [0.25, 0.3) is 0 Å². The monoisotopic (exact) mass is 290 g/mol. The molecule has 2 rings (SSSR count). The Morgan fingerprint density at radius 2 is 2.05 bits per heavy atom. The summed E-state index contributed by atoms with van der Waals surface area (Å²) in [7, 11) is 2.00. The van der Waals surface area contributed by atoms with Gasteiger partial charge in [-0.1, -0.05) is 19.9 Å². The second-order valence-electron chi connectivity index (χ2n) is 5.03. The summed E-state index contributed by atoms with van der Waals surface area (Å²) in [5, 5.41) is 0. The largest absolute Gasteiger partial charge is 0.366 e. The third-order valence-electron chi connectivity index (χ3n) is 3.04. The van der Waals surface area contributed by atoms with Crippen LogP contribution in [0.15, 0.2) is 30.6 Å². The highest BCUT2D eigenvalue weighted by atomic mass is 35.5. The Morgan fingerprint density at radius 3 is 2.65 bits per heavy atom. The van der Waals surface area contributed by atoms with Crippen molar-refractivity contribution in [2.75, 3.05) is 11.9 Å². The lowest BCUT2D eigenvalue weighted by Gasteiger charge is -2.21. The van der Waals surface area contributed by atoms with Crippen LogP contribution in [0.25, 0.3) is 0 Å². The number of pyridine rings is 1. The van der Waals surface area contributed by atoms with E-state index in [0.717, 1.165) is 22.9 Å². The molecule has 0 aliphatic heterocycles. The van der Waals surface area contributed by atoms with Gasteiger partial charge in [0.15, 0.2) is 0 Å². The molecule has 0 aromatic carbocycles. The number of aromatic nitrogens is 3. The molecule has 0 amide bonds. The minimum atomic E-state index is 0.298. The van der Waals surface area contributed by atoms with Gasteiger partial charge in [-0.15, -0.1) is 11.6 Å². The van der Waals surface area contributed by atoms with Crippen molar-refractivity contribution >= 4 is 17.3 Å². The summed E-state index contributed by atoms with van der Waals surface area (Å²) in [5.41, 5.74) is 2.82. The second kappa shape index (κ2) is 6.66.